The van der Waals surface area contributed by atoms with Gasteiger partial charge in [0.25, 0.3) is 0 Å². The number of carbonyl (C=O) groups is 1. The third-order valence-electron chi connectivity index (χ3n) is 0.502. The van der Waals surface area contributed by atoms with Crippen LogP contribution in [0.2, 0.25) is 0 Å². The lowest BCUT2D eigenvalue weighted by Crippen LogP contribution is -2.25. The highest BCUT2D eigenvalue weighted by Gasteiger charge is 2.36. The number of halogens is 3. The first-order valence-electron chi connectivity index (χ1n) is 1.78. The lowest BCUT2D eigenvalue weighted by atomic mass is 10.0. The molecule has 8 heavy (non-hydrogen) atoms. The maximum absolute atomic E-state index is 11.1. The number of alkyl halides is 3. The summed E-state index contributed by atoms with van der Waals surface area (Å²) in [6.45, 7) is -0.552. The van der Waals surface area contributed by atoms with Gasteiger partial charge >= 0.3 is 6.18 Å². The molecule has 0 aliphatic carbocycles. The predicted octanol–water partition coefficient (Wildman–Crippen LogP) is 0.302. The van der Waals surface area contributed by atoms with E-state index in [1.165, 1.54) is 0 Å². The normalized spacial score (nSPS) is 11.0. The van der Waals surface area contributed by atoms with Gasteiger partial charge in [0.2, 0.25) is 7.00 Å². The zero-order chi connectivity index (χ0) is 6.78. The SMILES string of the molecule is O=C(BP)C(F)(F)F. The molecule has 0 saturated heterocycles. The van der Waals surface area contributed by atoms with Crippen LogP contribution in [0.4, 0.5) is 13.2 Å². The maximum Gasteiger partial charge on any atom is 0.440 e. The molecule has 0 saturated carbocycles. The fraction of sp³-hybridized carbons (Fsp3) is 0.500. The van der Waals surface area contributed by atoms with Gasteiger partial charge in [-0.05, 0) is 0 Å². The van der Waals surface area contributed by atoms with Crippen LogP contribution < -0.4 is 0 Å². The van der Waals surface area contributed by atoms with Gasteiger partial charge in [-0.25, -0.2) is 0 Å². The summed E-state index contributed by atoms with van der Waals surface area (Å²) in [5.74, 6) is 0. The Labute approximate surface area is 47.0 Å². The van der Waals surface area contributed by atoms with E-state index in [-0.39, 0.29) is 0 Å². The van der Waals surface area contributed by atoms with Gasteiger partial charge in [0.05, 0.1) is 0 Å². The molecule has 46 valence electrons. The highest BCUT2D eigenvalue weighted by Crippen LogP contribution is 2.15. The summed E-state index contributed by atoms with van der Waals surface area (Å²) in [6, 6.07) is 0. The van der Waals surface area contributed by atoms with Gasteiger partial charge in [-0.3, -0.25) is 0 Å². The molecule has 0 heterocycles. The number of rotatable bonds is 1. The van der Waals surface area contributed by atoms with E-state index in [4.69, 9.17) is 0 Å². The Morgan fingerprint density at radius 2 is 1.88 bits per heavy atom. The molecule has 6 heteroatoms. The second-order valence-corrected chi connectivity index (χ2v) is 1.53. The first-order chi connectivity index (χ1) is 3.48. The van der Waals surface area contributed by atoms with Crippen LogP contribution in [0.3, 0.4) is 0 Å². The van der Waals surface area contributed by atoms with E-state index in [1.54, 1.807) is 9.12 Å². The van der Waals surface area contributed by atoms with E-state index in [9.17, 15) is 18.0 Å². The Morgan fingerprint density at radius 3 is 1.88 bits per heavy atom. The van der Waals surface area contributed by atoms with Gasteiger partial charge in [0.15, 0.2) is 5.68 Å². The van der Waals surface area contributed by atoms with Crippen LogP contribution in [0.25, 0.3) is 0 Å². The van der Waals surface area contributed by atoms with Crippen molar-refractivity contribution in [1.29, 1.82) is 0 Å². The molecule has 0 aromatic rings. The lowest BCUT2D eigenvalue weighted by molar-refractivity contribution is -0.161. The first-order valence-corrected chi connectivity index (χ1v) is 2.60. The molecular formula is C2H3BF3OP. The minimum absolute atomic E-state index is 0.552. The topological polar surface area (TPSA) is 17.1 Å². The molecule has 0 aromatic carbocycles. The summed E-state index contributed by atoms with van der Waals surface area (Å²) in [4.78, 5) is 9.69. The van der Waals surface area contributed by atoms with Crippen LogP contribution in [-0.4, -0.2) is 18.9 Å². The summed E-state index contributed by atoms with van der Waals surface area (Å²) in [5, 5.41) is 0. The standard InChI is InChI=1S/C2H3BF3OP/c4-2(5,6)1(7)3-8/h3H,8H2. The van der Waals surface area contributed by atoms with Crippen molar-refractivity contribution in [3.8, 4) is 0 Å². The zero-order valence-electron chi connectivity index (χ0n) is 3.83. The molecule has 0 radical (unpaired) electrons. The van der Waals surface area contributed by atoms with Crippen LogP contribution in [0, 0.1) is 0 Å². The van der Waals surface area contributed by atoms with Gasteiger partial charge in [-0.1, -0.05) is 0 Å². The molecule has 0 aromatic heterocycles. The van der Waals surface area contributed by atoms with E-state index >= 15 is 0 Å². The van der Waals surface area contributed by atoms with Gasteiger partial charge in [0, 0.05) is 0 Å². The van der Waals surface area contributed by atoms with Crippen LogP contribution in [-0.2, 0) is 4.79 Å². The van der Waals surface area contributed by atoms with E-state index in [2.05, 4.69) is 0 Å². The third kappa shape index (κ3) is 2.31. The third-order valence-corrected chi connectivity index (χ3v) is 0.872. The molecule has 0 fully saturated rings. The van der Waals surface area contributed by atoms with Crippen molar-refractivity contribution in [1.82, 2.24) is 0 Å². The van der Waals surface area contributed by atoms with E-state index in [0.717, 1.165) is 0 Å². The fourth-order valence-corrected chi connectivity index (χ4v) is 0.347. The summed E-state index contributed by atoms with van der Waals surface area (Å²) in [7, 11) is 1.71. The molecule has 0 amide bonds. The Kier molecular flexibility index (Phi) is 2.47. The molecule has 0 spiro atoms. The van der Waals surface area contributed by atoms with E-state index < -0.39 is 18.9 Å². The molecule has 0 rings (SSSR count). The molecule has 1 nitrogen and oxygen atoms in total. The molecule has 0 aliphatic rings. The Morgan fingerprint density at radius 1 is 1.50 bits per heavy atom. The van der Waals surface area contributed by atoms with Crippen molar-refractivity contribution in [3.05, 3.63) is 0 Å². The Hall–Kier alpha value is -0.0451. The van der Waals surface area contributed by atoms with Crippen molar-refractivity contribution in [2.24, 2.45) is 0 Å². The molecule has 1 atom stereocenters. The highest BCUT2D eigenvalue weighted by molar-refractivity contribution is 7.62. The zero-order valence-corrected chi connectivity index (χ0v) is 4.98. The number of hydrogen-bond donors (Lipinski definition) is 0. The van der Waals surface area contributed by atoms with Crippen LogP contribution in [0.1, 0.15) is 0 Å². The van der Waals surface area contributed by atoms with Gasteiger partial charge in [-0.2, -0.15) is 22.3 Å². The van der Waals surface area contributed by atoms with Crippen molar-refractivity contribution >= 4 is 21.8 Å². The summed E-state index contributed by atoms with van der Waals surface area (Å²) in [5.41, 5.74) is -1.71. The van der Waals surface area contributed by atoms with E-state index in [1.807, 2.05) is 0 Å². The van der Waals surface area contributed by atoms with E-state index in [0.29, 0.717) is 0 Å². The summed E-state index contributed by atoms with van der Waals surface area (Å²) in [6.07, 6.45) is -4.65. The smallest absolute Gasteiger partial charge is 0.301 e. The number of hydrogen-bond acceptors (Lipinski definition) is 1. The Bertz CT molecular complexity index is 99.9. The minimum Gasteiger partial charge on any atom is -0.301 e. The molecule has 0 bridgehead atoms. The summed E-state index contributed by atoms with van der Waals surface area (Å²) >= 11 is 0. The predicted molar refractivity (Wildman–Crippen MR) is 27.9 cm³/mol. The molecule has 0 N–H and O–H groups in total. The quantitative estimate of drug-likeness (QED) is 0.380. The second kappa shape index (κ2) is 2.49. The molecule has 1 unspecified atom stereocenters. The Balaban J connectivity index is 3.82. The second-order valence-electron chi connectivity index (χ2n) is 1.13. The fourth-order valence-electron chi connectivity index (χ4n) is 0.116. The van der Waals surface area contributed by atoms with Gasteiger partial charge in [-0.15, -0.1) is 0 Å². The largest absolute Gasteiger partial charge is 0.440 e. The van der Waals surface area contributed by atoms with Crippen LogP contribution >= 0.6 is 9.12 Å². The van der Waals surface area contributed by atoms with Crippen LogP contribution in [0.5, 0.6) is 0 Å². The minimum atomic E-state index is -4.65. The average molecular weight is 142 g/mol. The first kappa shape index (κ1) is 7.95. The van der Waals surface area contributed by atoms with Crippen LogP contribution in [0.15, 0.2) is 0 Å². The van der Waals surface area contributed by atoms with Crippen molar-refractivity contribution in [2.45, 2.75) is 6.18 Å². The van der Waals surface area contributed by atoms with Crippen molar-refractivity contribution in [3.63, 3.8) is 0 Å². The molecule has 0 aliphatic heterocycles. The maximum atomic E-state index is 11.1. The average Bonchev–Trinajstić information content (AvgIpc) is 1.62. The lowest BCUT2D eigenvalue weighted by Gasteiger charge is -1.98. The highest BCUT2D eigenvalue weighted by atomic mass is 31.0. The van der Waals surface area contributed by atoms with Gasteiger partial charge < -0.3 is 4.79 Å². The van der Waals surface area contributed by atoms with Gasteiger partial charge in [0.1, 0.15) is 0 Å². The van der Waals surface area contributed by atoms with Crippen molar-refractivity contribution < 1.29 is 18.0 Å². The van der Waals surface area contributed by atoms with Crippen molar-refractivity contribution in [2.75, 3.05) is 0 Å². The monoisotopic (exact) mass is 142 g/mol. The number of carbonyl (C=O) groups excluding carboxylic acids is 1. The molecular weight excluding hydrogens is 139 g/mol. The summed E-state index contributed by atoms with van der Waals surface area (Å²) < 4.78 is 33.3.